The molecule has 3 heterocycles. The third kappa shape index (κ3) is 3.61. The number of fused-ring (bicyclic) bond motifs is 1. The van der Waals surface area contributed by atoms with Crippen molar-refractivity contribution in [2.45, 2.75) is 12.6 Å². The fraction of sp³-hybridized carbons (Fsp3) is 0.167. The molecule has 32 heavy (non-hydrogen) atoms. The summed E-state index contributed by atoms with van der Waals surface area (Å²) in [6.07, 6.45) is 3.37. The number of carbonyl (C=O) groups is 1. The quantitative estimate of drug-likeness (QED) is 0.491. The number of carbonyl (C=O) groups excluding carboxylic acids is 1. The third-order valence-corrected chi connectivity index (χ3v) is 5.69. The minimum atomic E-state index is -0.381. The van der Waals surface area contributed by atoms with Crippen LogP contribution in [-0.4, -0.2) is 42.3 Å². The van der Waals surface area contributed by atoms with Gasteiger partial charge in [-0.15, -0.1) is 0 Å². The highest BCUT2D eigenvalue weighted by molar-refractivity contribution is 5.99. The fourth-order valence-corrected chi connectivity index (χ4v) is 3.98. The van der Waals surface area contributed by atoms with E-state index in [2.05, 4.69) is 20.4 Å². The molecule has 8 nitrogen and oxygen atoms in total. The van der Waals surface area contributed by atoms with E-state index in [1.54, 1.807) is 22.0 Å². The number of nitrogens with zero attached hydrogens (tertiary/aromatic N) is 5. The van der Waals surface area contributed by atoms with Gasteiger partial charge < -0.3 is 15.3 Å². The summed E-state index contributed by atoms with van der Waals surface area (Å²) < 4.78 is 1.70. The van der Waals surface area contributed by atoms with Gasteiger partial charge >= 0.3 is 0 Å². The highest BCUT2D eigenvalue weighted by atomic mass is 16.3. The highest BCUT2D eigenvalue weighted by Crippen LogP contribution is 2.33. The summed E-state index contributed by atoms with van der Waals surface area (Å²) >= 11 is 0. The summed E-state index contributed by atoms with van der Waals surface area (Å²) in [5, 5.41) is 17.3. The number of benzene rings is 2. The first-order valence-corrected chi connectivity index (χ1v) is 10.3. The van der Waals surface area contributed by atoms with Gasteiger partial charge in [0.15, 0.2) is 0 Å². The Labute approximate surface area is 185 Å². The normalized spacial score (nSPS) is 13.8. The van der Waals surface area contributed by atoms with Gasteiger partial charge in [0.2, 0.25) is 5.95 Å². The number of aromatic nitrogens is 4. The Hall–Kier alpha value is -4.04. The molecule has 2 aromatic heterocycles. The summed E-state index contributed by atoms with van der Waals surface area (Å²) in [6.45, 7) is 0.331. The van der Waals surface area contributed by atoms with Crippen LogP contribution in [-0.2, 0) is 13.6 Å². The van der Waals surface area contributed by atoms with E-state index in [-0.39, 0.29) is 18.6 Å². The Morgan fingerprint density at radius 2 is 1.94 bits per heavy atom. The molecule has 0 aliphatic carbocycles. The van der Waals surface area contributed by atoms with Crippen molar-refractivity contribution in [3.63, 3.8) is 0 Å². The Bertz CT molecular complexity index is 1270. The van der Waals surface area contributed by atoms with E-state index >= 15 is 0 Å². The maximum atomic E-state index is 13.2. The average Bonchev–Trinajstić information content (AvgIpc) is 3.38. The molecule has 0 fully saturated rings. The molecule has 1 aliphatic rings. The zero-order chi connectivity index (χ0) is 22.1. The first kappa shape index (κ1) is 19.9. The van der Waals surface area contributed by atoms with E-state index in [1.807, 2.05) is 67.7 Å². The lowest BCUT2D eigenvalue weighted by Gasteiger charge is -2.26. The molecule has 5 rings (SSSR count). The maximum absolute atomic E-state index is 13.2. The predicted octanol–water partition coefficient (Wildman–Crippen LogP) is 3.31. The van der Waals surface area contributed by atoms with Crippen molar-refractivity contribution in [3.05, 3.63) is 89.7 Å². The first-order valence-electron chi connectivity index (χ1n) is 10.3. The molecular weight excluding hydrogens is 404 g/mol. The lowest BCUT2D eigenvalue weighted by atomic mass is 10.0. The smallest absolute Gasteiger partial charge is 0.255 e. The van der Waals surface area contributed by atoms with Crippen molar-refractivity contribution < 1.29 is 9.90 Å². The van der Waals surface area contributed by atoms with Crippen LogP contribution in [0.3, 0.4) is 0 Å². The second kappa shape index (κ2) is 8.24. The van der Waals surface area contributed by atoms with Gasteiger partial charge in [0.25, 0.3) is 5.91 Å². The largest absolute Gasteiger partial charge is 0.394 e. The molecule has 0 saturated heterocycles. The average molecular weight is 426 g/mol. The number of aliphatic hydroxyl groups is 1. The number of hydrogen-bond donors (Lipinski definition) is 2. The van der Waals surface area contributed by atoms with Gasteiger partial charge in [-0.3, -0.25) is 9.48 Å². The topological polar surface area (TPSA) is 96.2 Å². The molecule has 8 heteroatoms. The van der Waals surface area contributed by atoms with Crippen LogP contribution in [0, 0.1) is 0 Å². The number of hydrogen-bond acceptors (Lipinski definition) is 6. The summed E-state index contributed by atoms with van der Waals surface area (Å²) in [6, 6.07) is 18.7. The van der Waals surface area contributed by atoms with Gasteiger partial charge in [-0.2, -0.15) is 5.10 Å². The molecule has 4 aromatic rings. The second-order valence-electron chi connectivity index (χ2n) is 7.64. The molecule has 0 saturated carbocycles. The molecule has 2 N–H and O–H groups in total. The van der Waals surface area contributed by atoms with Gasteiger partial charge in [-0.1, -0.05) is 42.5 Å². The van der Waals surface area contributed by atoms with Crippen molar-refractivity contribution in [1.29, 1.82) is 0 Å². The fourth-order valence-electron chi connectivity index (χ4n) is 3.98. The van der Waals surface area contributed by atoms with Crippen LogP contribution >= 0.6 is 0 Å². The van der Waals surface area contributed by atoms with Crippen molar-refractivity contribution in [2.24, 2.45) is 7.05 Å². The second-order valence-corrected chi connectivity index (χ2v) is 7.64. The predicted molar refractivity (Wildman–Crippen MR) is 120 cm³/mol. The van der Waals surface area contributed by atoms with Crippen LogP contribution in [0.2, 0.25) is 0 Å². The van der Waals surface area contributed by atoms with Crippen molar-refractivity contribution in [1.82, 2.24) is 24.6 Å². The van der Waals surface area contributed by atoms with E-state index in [9.17, 15) is 9.90 Å². The maximum Gasteiger partial charge on any atom is 0.255 e. The van der Waals surface area contributed by atoms with Crippen LogP contribution in [0.25, 0.3) is 11.3 Å². The van der Waals surface area contributed by atoms with Crippen LogP contribution in [0.1, 0.15) is 27.5 Å². The lowest BCUT2D eigenvalue weighted by molar-refractivity contribution is 0.0615. The highest BCUT2D eigenvalue weighted by Gasteiger charge is 2.33. The van der Waals surface area contributed by atoms with Gasteiger partial charge in [-0.05, 0) is 23.3 Å². The van der Waals surface area contributed by atoms with Crippen LogP contribution < -0.4 is 5.32 Å². The number of anilines is 2. The Kier molecular flexibility index (Phi) is 5.12. The van der Waals surface area contributed by atoms with Crippen molar-refractivity contribution in [2.75, 3.05) is 11.9 Å². The number of rotatable bonds is 6. The van der Waals surface area contributed by atoms with Crippen molar-refractivity contribution >= 4 is 17.7 Å². The molecule has 1 amide bonds. The summed E-state index contributed by atoms with van der Waals surface area (Å²) in [5.74, 6) is 1.13. The molecule has 0 bridgehead atoms. The van der Waals surface area contributed by atoms with Gasteiger partial charge in [0, 0.05) is 37.0 Å². The monoisotopic (exact) mass is 426 g/mol. The van der Waals surface area contributed by atoms with E-state index < -0.39 is 0 Å². The number of nitrogens with one attached hydrogen (secondary N) is 1. The minimum absolute atomic E-state index is 0.0907. The first-order chi connectivity index (χ1) is 15.6. The van der Waals surface area contributed by atoms with Crippen LogP contribution in [0.5, 0.6) is 0 Å². The lowest BCUT2D eigenvalue weighted by Crippen LogP contribution is -2.31. The Morgan fingerprint density at radius 3 is 2.69 bits per heavy atom. The van der Waals surface area contributed by atoms with E-state index in [4.69, 9.17) is 0 Å². The number of aliphatic hydroxyl groups excluding tert-OH is 1. The van der Waals surface area contributed by atoms with E-state index in [0.717, 1.165) is 22.5 Å². The van der Waals surface area contributed by atoms with Gasteiger partial charge in [-0.25, -0.2) is 9.97 Å². The van der Waals surface area contributed by atoms with Gasteiger partial charge in [0.1, 0.15) is 5.82 Å². The molecule has 1 unspecified atom stereocenters. The summed E-state index contributed by atoms with van der Waals surface area (Å²) in [4.78, 5) is 23.8. The molecule has 1 atom stereocenters. The Morgan fingerprint density at radius 1 is 1.09 bits per heavy atom. The third-order valence-electron chi connectivity index (χ3n) is 5.69. The number of amides is 1. The zero-order valence-corrected chi connectivity index (χ0v) is 17.5. The van der Waals surface area contributed by atoms with Crippen molar-refractivity contribution in [3.8, 4) is 11.3 Å². The summed E-state index contributed by atoms with van der Waals surface area (Å²) in [5.41, 5.74) is 4.03. The van der Waals surface area contributed by atoms with E-state index in [0.29, 0.717) is 23.8 Å². The molecule has 1 aliphatic heterocycles. The van der Waals surface area contributed by atoms with Crippen LogP contribution in [0.4, 0.5) is 11.8 Å². The number of aryl methyl sites for hydroxylation is 1. The standard InChI is InChI=1S/C24H22N6O2/c1-29-22(10-12-26-29)28-24-25-11-9-20(27-24)17-7-8-18-14-30(23(32)19(18)13-17)21(15-31)16-5-3-2-4-6-16/h2-13,21,31H,14-15H2,1H3,(H,25,27,28). The SMILES string of the molecule is Cn1nccc1Nc1nccc(-c2ccc3c(c2)C(=O)N(C(CO)c2ccccc2)C3)n1. The molecular formula is C24H22N6O2. The minimum Gasteiger partial charge on any atom is -0.394 e. The molecule has 0 radical (unpaired) electrons. The molecule has 0 spiro atoms. The van der Waals surface area contributed by atoms with Gasteiger partial charge in [0.05, 0.1) is 24.5 Å². The zero-order valence-electron chi connectivity index (χ0n) is 17.5. The van der Waals surface area contributed by atoms with E-state index in [1.165, 1.54) is 0 Å². The summed E-state index contributed by atoms with van der Waals surface area (Å²) in [7, 11) is 1.83. The van der Waals surface area contributed by atoms with Crippen LogP contribution in [0.15, 0.2) is 73.1 Å². The molecule has 160 valence electrons. The Balaban J connectivity index is 1.42. The molecule has 2 aromatic carbocycles.